The van der Waals surface area contributed by atoms with Crippen LogP contribution in [-0.2, 0) is 6.42 Å². The monoisotopic (exact) mass is 259 g/mol. The number of aliphatic hydroxyl groups excluding tert-OH is 1. The fourth-order valence-electron chi connectivity index (χ4n) is 3.86. The molecule has 2 fully saturated rings. The van der Waals surface area contributed by atoms with Crippen LogP contribution in [0.2, 0.25) is 0 Å². The summed E-state index contributed by atoms with van der Waals surface area (Å²) in [6.45, 7) is 3.70. The molecule has 1 unspecified atom stereocenters. The van der Waals surface area contributed by atoms with Crippen LogP contribution in [0.4, 0.5) is 0 Å². The molecular formula is C17H25NO. The first kappa shape index (κ1) is 13.1. The zero-order valence-corrected chi connectivity index (χ0v) is 11.7. The molecule has 0 bridgehead atoms. The second-order valence-electron chi connectivity index (χ2n) is 6.35. The summed E-state index contributed by atoms with van der Waals surface area (Å²) in [7, 11) is 0. The fourth-order valence-corrected chi connectivity index (χ4v) is 3.86. The molecule has 2 nitrogen and oxygen atoms in total. The van der Waals surface area contributed by atoms with Gasteiger partial charge in [-0.05, 0) is 56.0 Å². The van der Waals surface area contributed by atoms with Gasteiger partial charge in [0.15, 0.2) is 0 Å². The zero-order chi connectivity index (χ0) is 13.1. The predicted octanol–water partition coefficient (Wildman–Crippen LogP) is 2.71. The molecule has 0 amide bonds. The molecule has 19 heavy (non-hydrogen) atoms. The molecule has 1 heterocycles. The lowest BCUT2D eigenvalue weighted by Crippen LogP contribution is -2.24. The highest BCUT2D eigenvalue weighted by Crippen LogP contribution is 2.37. The molecule has 0 radical (unpaired) electrons. The van der Waals surface area contributed by atoms with Gasteiger partial charge in [-0.15, -0.1) is 0 Å². The van der Waals surface area contributed by atoms with Crippen molar-refractivity contribution < 1.29 is 5.11 Å². The number of hydrogen-bond acceptors (Lipinski definition) is 2. The van der Waals surface area contributed by atoms with E-state index in [0.29, 0.717) is 0 Å². The topological polar surface area (TPSA) is 23.5 Å². The van der Waals surface area contributed by atoms with Crippen molar-refractivity contribution in [2.45, 2.75) is 38.2 Å². The van der Waals surface area contributed by atoms with Crippen LogP contribution in [0.3, 0.4) is 0 Å². The van der Waals surface area contributed by atoms with Crippen LogP contribution in [0.25, 0.3) is 0 Å². The van der Waals surface area contributed by atoms with Gasteiger partial charge in [-0.2, -0.15) is 0 Å². The van der Waals surface area contributed by atoms with Crippen LogP contribution in [0.1, 0.15) is 31.2 Å². The van der Waals surface area contributed by atoms with Crippen molar-refractivity contribution in [2.75, 3.05) is 19.6 Å². The van der Waals surface area contributed by atoms with Crippen molar-refractivity contribution >= 4 is 0 Å². The lowest BCUT2D eigenvalue weighted by atomic mass is 10.0. The van der Waals surface area contributed by atoms with Crippen LogP contribution in [0.5, 0.6) is 0 Å². The molecule has 0 aromatic heterocycles. The summed E-state index contributed by atoms with van der Waals surface area (Å²) in [4.78, 5) is 2.62. The Morgan fingerprint density at radius 1 is 1.00 bits per heavy atom. The van der Waals surface area contributed by atoms with Gasteiger partial charge in [0, 0.05) is 13.1 Å². The van der Waals surface area contributed by atoms with Gasteiger partial charge in [0.2, 0.25) is 0 Å². The Kier molecular flexibility index (Phi) is 4.19. The minimum Gasteiger partial charge on any atom is -0.393 e. The Labute approximate surface area is 116 Å². The SMILES string of the molecule is OC1C[C@@H]2CN(CCCCc3ccccc3)C[C@@H]2C1. The van der Waals surface area contributed by atoms with Gasteiger partial charge in [0.05, 0.1) is 6.10 Å². The second kappa shape index (κ2) is 6.06. The largest absolute Gasteiger partial charge is 0.393 e. The minimum absolute atomic E-state index is 0.00442. The lowest BCUT2D eigenvalue weighted by Gasteiger charge is -2.17. The summed E-state index contributed by atoms with van der Waals surface area (Å²) in [5, 5.41) is 9.64. The van der Waals surface area contributed by atoms with Crippen molar-refractivity contribution in [3.8, 4) is 0 Å². The predicted molar refractivity (Wildman–Crippen MR) is 78.0 cm³/mol. The van der Waals surface area contributed by atoms with Crippen molar-refractivity contribution in [3.05, 3.63) is 35.9 Å². The molecule has 104 valence electrons. The van der Waals surface area contributed by atoms with Gasteiger partial charge >= 0.3 is 0 Å². The summed E-state index contributed by atoms with van der Waals surface area (Å²) in [5.74, 6) is 1.56. The molecule has 1 aliphatic carbocycles. The van der Waals surface area contributed by atoms with E-state index in [1.54, 1.807) is 0 Å². The van der Waals surface area contributed by atoms with Crippen molar-refractivity contribution in [1.29, 1.82) is 0 Å². The summed E-state index contributed by atoms with van der Waals surface area (Å²) < 4.78 is 0. The van der Waals surface area contributed by atoms with E-state index in [-0.39, 0.29) is 6.10 Å². The third kappa shape index (κ3) is 3.37. The molecule has 0 spiro atoms. The molecular weight excluding hydrogens is 234 g/mol. The van der Waals surface area contributed by atoms with Crippen molar-refractivity contribution in [2.24, 2.45) is 11.8 Å². The molecule has 3 rings (SSSR count). The van der Waals surface area contributed by atoms with Crippen LogP contribution in [0.15, 0.2) is 30.3 Å². The Morgan fingerprint density at radius 2 is 1.68 bits per heavy atom. The first-order valence-corrected chi connectivity index (χ1v) is 7.75. The van der Waals surface area contributed by atoms with Gasteiger partial charge in [-0.3, -0.25) is 0 Å². The number of nitrogens with zero attached hydrogens (tertiary/aromatic N) is 1. The molecule has 2 heteroatoms. The average Bonchev–Trinajstić information content (AvgIpc) is 2.93. The van der Waals surface area contributed by atoms with Crippen molar-refractivity contribution in [3.63, 3.8) is 0 Å². The molecule has 3 atom stereocenters. The lowest BCUT2D eigenvalue weighted by molar-refractivity contribution is 0.161. The van der Waals surface area contributed by atoms with E-state index < -0.39 is 0 Å². The number of fused-ring (bicyclic) bond motifs is 1. The second-order valence-corrected chi connectivity index (χ2v) is 6.35. The molecule has 1 aromatic rings. The third-order valence-corrected chi connectivity index (χ3v) is 4.83. The van der Waals surface area contributed by atoms with Gasteiger partial charge in [-0.1, -0.05) is 30.3 Å². The van der Waals surface area contributed by atoms with E-state index in [1.807, 2.05) is 0 Å². The third-order valence-electron chi connectivity index (χ3n) is 4.83. The van der Waals surface area contributed by atoms with Crippen LogP contribution >= 0.6 is 0 Å². The Hall–Kier alpha value is -0.860. The van der Waals surface area contributed by atoms with Gasteiger partial charge in [0.1, 0.15) is 0 Å². The average molecular weight is 259 g/mol. The van der Waals surface area contributed by atoms with Crippen LogP contribution in [-0.4, -0.2) is 35.7 Å². The highest BCUT2D eigenvalue weighted by atomic mass is 16.3. The summed E-state index contributed by atoms with van der Waals surface area (Å²) >= 11 is 0. The molecule has 1 aromatic carbocycles. The number of aryl methyl sites for hydroxylation is 1. The van der Waals surface area contributed by atoms with Crippen LogP contribution in [0, 0.1) is 11.8 Å². The Bertz CT molecular complexity index is 378. The standard InChI is InChI=1S/C17H25NO/c19-17-10-15-12-18(13-16(15)11-17)9-5-4-8-14-6-2-1-3-7-14/h1-3,6-7,15-17,19H,4-5,8-13H2/t15-,16+,17?. The molecule has 2 aliphatic rings. The first-order chi connectivity index (χ1) is 9.31. The van der Waals surface area contributed by atoms with Gasteiger partial charge in [-0.25, -0.2) is 0 Å². The highest BCUT2D eigenvalue weighted by molar-refractivity contribution is 5.14. The van der Waals surface area contributed by atoms with Gasteiger partial charge in [0.25, 0.3) is 0 Å². The number of hydrogen-bond donors (Lipinski definition) is 1. The van der Waals surface area contributed by atoms with E-state index in [4.69, 9.17) is 0 Å². The molecule has 1 N–H and O–H groups in total. The number of likely N-dealkylation sites (tertiary alicyclic amines) is 1. The van der Waals surface area contributed by atoms with E-state index in [0.717, 1.165) is 24.7 Å². The quantitative estimate of drug-likeness (QED) is 0.822. The minimum atomic E-state index is -0.00442. The van der Waals surface area contributed by atoms with E-state index in [2.05, 4.69) is 35.2 Å². The van der Waals surface area contributed by atoms with E-state index in [9.17, 15) is 5.11 Å². The molecule has 1 saturated carbocycles. The van der Waals surface area contributed by atoms with E-state index >= 15 is 0 Å². The summed E-state index contributed by atoms with van der Waals surface area (Å²) in [6, 6.07) is 10.8. The fraction of sp³-hybridized carbons (Fsp3) is 0.647. The first-order valence-electron chi connectivity index (χ1n) is 7.75. The molecule has 1 saturated heterocycles. The van der Waals surface area contributed by atoms with E-state index in [1.165, 1.54) is 44.5 Å². The number of benzene rings is 1. The Morgan fingerprint density at radius 3 is 2.37 bits per heavy atom. The smallest absolute Gasteiger partial charge is 0.0546 e. The highest BCUT2D eigenvalue weighted by Gasteiger charge is 2.39. The Balaban J connectivity index is 1.34. The zero-order valence-electron chi connectivity index (χ0n) is 11.7. The normalized spacial score (nSPS) is 30.7. The molecule has 1 aliphatic heterocycles. The van der Waals surface area contributed by atoms with Crippen LogP contribution < -0.4 is 0 Å². The summed E-state index contributed by atoms with van der Waals surface area (Å²) in [5.41, 5.74) is 1.46. The summed E-state index contributed by atoms with van der Waals surface area (Å²) in [6.07, 6.45) is 5.89. The number of unbranched alkanes of at least 4 members (excludes halogenated alkanes) is 1. The van der Waals surface area contributed by atoms with Crippen molar-refractivity contribution in [1.82, 2.24) is 4.90 Å². The maximum Gasteiger partial charge on any atom is 0.0546 e. The maximum atomic E-state index is 9.64. The number of rotatable bonds is 5. The number of aliphatic hydroxyl groups is 1. The van der Waals surface area contributed by atoms with Gasteiger partial charge < -0.3 is 10.0 Å². The maximum absolute atomic E-state index is 9.64.